The number of hydrogen-bond acceptors (Lipinski definition) is 5. The Hall–Kier alpha value is -3.29. The van der Waals surface area contributed by atoms with Crippen LogP contribution in [0, 0.1) is 5.82 Å². The minimum Gasteiger partial charge on any atom is -0.456 e. The first-order chi connectivity index (χ1) is 14.6. The molecule has 30 heavy (non-hydrogen) atoms. The summed E-state index contributed by atoms with van der Waals surface area (Å²) in [6, 6.07) is 7.82. The van der Waals surface area contributed by atoms with Gasteiger partial charge in [0.1, 0.15) is 17.3 Å². The molecule has 3 aliphatic rings. The van der Waals surface area contributed by atoms with Gasteiger partial charge in [-0.1, -0.05) is 6.07 Å². The molecule has 0 aliphatic carbocycles. The van der Waals surface area contributed by atoms with E-state index in [0.29, 0.717) is 54.6 Å². The zero-order valence-corrected chi connectivity index (χ0v) is 16.4. The number of halogens is 1. The third-order valence-corrected chi connectivity index (χ3v) is 5.65. The summed E-state index contributed by atoms with van der Waals surface area (Å²) in [7, 11) is 0. The molecule has 8 heteroatoms. The SMILES string of the molecule is O=C1CCCN1CCC(=O)N1Cc2ccc(F)cc2Oc2cc3c(cc2C1)OCO3. The number of benzene rings is 2. The van der Waals surface area contributed by atoms with Crippen molar-refractivity contribution < 1.29 is 28.2 Å². The van der Waals surface area contributed by atoms with Crippen molar-refractivity contribution in [3.63, 3.8) is 0 Å². The summed E-state index contributed by atoms with van der Waals surface area (Å²) < 4.78 is 30.8. The fourth-order valence-corrected chi connectivity index (χ4v) is 4.03. The highest BCUT2D eigenvalue weighted by molar-refractivity contribution is 5.80. The van der Waals surface area contributed by atoms with E-state index >= 15 is 0 Å². The van der Waals surface area contributed by atoms with Crippen LogP contribution in [0.3, 0.4) is 0 Å². The molecule has 0 bridgehead atoms. The summed E-state index contributed by atoms with van der Waals surface area (Å²) in [5, 5.41) is 0. The number of nitrogens with zero attached hydrogens (tertiary/aromatic N) is 2. The Morgan fingerprint density at radius 1 is 1.00 bits per heavy atom. The molecule has 2 aromatic carbocycles. The van der Waals surface area contributed by atoms with Gasteiger partial charge in [-0.2, -0.15) is 0 Å². The highest BCUT2D eigenvalue weighted by Crippen LogP contribution is 2.42. The molecule has 2 aromatic rings. The lowest BCUT2D eigenvalue weighted by Gasteiger charge is -2.28. The van der Waals surface area contributed by atoms with Crippen LogP contribution >= 0.6 is 0 Å². The second-order valence-corrected chi connectivity index (χ2v) is 7.65. The van der Waals surface area contributed by atoms with Gasteiger partial charge in [0.2, 0.25) is 18.6 Å². The van der Waals surface area contributed by atoms with Crippen LogP contribution in [0.15, 0.2) is 30.3 Å². The lowest BCUT2D eigenvalue weighted by molar-refractivity contribution is -0.134. The van der Waals surface area contributed by atoms with E-state index in [-0.39, 0.29) is 31.6 Å². The van der Waals surface area contributed by atoms with Gasteiger partial charge in [0.05, 0.1) is 0 Å². The first kappa shape index (κ1) is 18.7. The summed E-state index contributed by atoms with van der Waals surface area (Å²) in [6.45, 7) is 1.84. The maximum atomic E-state index is 13.9. The van der Waals surface area contributed by atoms with Gasteiger partial charge in [-0.25, -0.2) is 4.39 Å². The van der Waals surface area contributed by atoms with E-state index in [4.69, 9.17) is 14.2 Å². The van der Waals surface area contributed by atoms with E-state index in [9.17, 15) is 14.0 Å². The average molecular weight is 412 g/mol. The second kappa shape index (κ2) is 7.51. The molecule has 5 rings (SSSR count). The normalized spacial score (nSPS) is 17.2. The highest BCUT2D eigenvalue weighted by Gasteiger charge is 2.27. The molecule has 1 fully saturated rings. The molecular weight excluding hydrogens is 391 g/mol. The number of amides is 2. The molecule has 0 radical (unpaired) electrons. The number of carbonyl (C=O) groups is 2. The molecule has 0 atom stereocenters. The number of ether oxygens (including phenoxy) is 3. The summed E-state index contributed by atoms with van der Waals surface area (Å²) in [5.41, 5.74) is 1.46. The topological polar surface area (TPSA) is 68.3 Å². The lowest BCUT2D eigenvalue weighted by atomic mass is 10.1. The maximum absolute atomic E-state index is 13.9. The molecule has 0 N–H and O–H groups in total. The van der Waals surface area contributed by atoms with Crippen molar-refractivity contribution in [3.05, 3.63) is 47.3 Å². The van der Waals surface area contributed by atoms with Crippen LogP contribution < -0.4 is 14.2 Å². The van der Waals surface area contributed by atoms with Crippen LogP contribution in [-0.2, 0) is 22.7 Å². The monoisotopic (exact) mass is 412 g/mol. The number of carbonyl (C=O) groups excluding carboxylic acids is 2. The van der Waals surface area contributed by atoms with Gasteiger partial charge in [0.25, 0.3) is 0 Å². The van der Waals surface area contributed by atoms with E-state index in [0.717, 1.165) is 12.0 Å². The fourth-order valence-electron chi connectivity index (χ4n) is 4.03. The van der Waals surface area contributed by atoms with Crippen molar-refractivity contribution in [3.8, 4) is 23.0 Å². The van der Waals surface area contributed by atoms with Gasteiger partial charge in [0.15, 0.2) is 11.5 Å². The van der Waals surface area contributed by atoms with Gasteiger partial charge in [-0.3, -0.25) is 9.59 Å². The highest BCUT2D eigenvalue weighted by atomic mass is 19.1. The summed E-state index contributed by atoms with van der Waals surface area (Å²) in [5.74, 6) is 1.62. The second-order valence-electron chi connectivity index (χ2n) is 7.65. The number of rotatable bonds is 3. The molecule has 156 valence electrons. The van der Waals surface area contributed by atoms with Gasteiger partial charge in [0, 0.05) is 62.3 Å². The Labute approximate surface area is 172 Å². The van der Waals surface area contributed by atoms with Crippen LogP contribution in [0.5, 0.6) is 23.0 Å². The van der Waals surface area contributed by atoms with E-state index < -0.39 is 5.82 Å². The smallest absolute Gasteiger partial charge is 0.231 e. The number of hydrogen-bond donors (Lipinski definition) is 0. The summed E-state index contributed by atoms with van der Waals surface area (Å²) in [4.78, 5) is 28.4. The van der Waals surface area contributed by atoms with Gasteiger partial charge >= 0.3 is 0 Å². The van der Waals surface area contributed by atoms with Crippen LogP contribution in [0.2, 0.25) is 0 Å². The zero-order chi connectivity index (χ0) is 20.7. The molecule has 0 spiro atoms. The minimum atomic E-state index is -0.415. The van der Waals surface area contributed by atoms with Gasteiger partial charge in [-0.15, -0.1) is 0 Å². The van der Waals surface area contributed by atoms with Crippen molar-refractivity contribution in [2.24, 2.45) is 0 Å². The first-order valence-corrected chi connectivity index (χ1v) is 10.0. The van der Waals surface area contributed by atoms with E-state index in [2.05, 4.69) is 0 Å². The van der Waals surface area contributed by atoms with Crippen molar-refractivity contribution in [2.45, 2.75) is 32.4 Å². The first-order valence-electron chi connectivity index (χ1n) is 10.0. The van der Waals surface area contributed by atoms with Crippen molar-refractivity contribution in [2.75, 3.05) is 19.9 Å². The quantitative estimate of drug-likeness (QED) is 0.775. The van der Waals surface area contributed by atoms with Crippen LogP contribution in [-0.4, -0.2) is 41.5 Å². The van der Waals surface area contributed by atoms with E-state index in [1.807, 2.05) is 0 Å². The molecule has 0 unspecified atom stereocenters. The molecule has 7 nitrogen and oxygen atoms in total. The Bertz CT molecular complexity index is 1020. The average Bonchev–Trinajstić information content (AvgIpc) is 3.34. The predicted octanol–water partition coefficient (Wildman–Crippen LogP) is 3.20. The zero-order valence-electron chi connectivity index (χ0n) is 16.4. The Kier molecular flexibility index (Phi) is 4.69. The van der Waals surface area contributed by atoms with Gasteiger partial charge in [-0.05, 0) is 18.6 Å². The standard InChI is InChI=1S/C22H21FN2O5/c23-16-4-3-14-11-25(22(27)5-7-24-6-1-2-21(24)26)12-15-8-19-20(29-13-28-19)10-18(15)30-17(14)9-16/h3-4,8-10H,1-2,5-7,11-13H2. The van der Waals surface area contributed by atoms with Crippen LogP contribution in [0.1, 0.15) is 30.4 Å². The van der Waals surface area contributed by atoms with Crippen molar-refractivity contribution >= 4 is 11.8 Å². The lowest BCUT2D eigenvalue weighted by Crippen LogP contribution is -2.35. The van der Waals surface area contributed by atoms with Gasteiger partial charge < -0.3 is 24.0 Å². The number of fused-ring (bicyclic) bond motifs is 3. The molecule has 3 aliphatic heterocycles. The Balaban J connectivity index is 1.45. The predicted molar refractivity (Wildman–Crippen MR) is 104 cm³/mol. The minimum absolute atomic E-state index is 0.0736. The largest absolute Gasteiger partial charge is 0.456 e. The van der Waals surface area contributed by atoms with Crippen molar-refractivity contribution in [1.82, 2.24) is 9.80 Å². The van der Waals surface area contributed by atoms with Crippen molar-refractivity contribution in [1.29, 1.82) is 0 Å². The molecule has 2 amide bonds. The fraction of sp³-hybridized carbons (Fsp3) is 0.364. The van der Waals surface area contributed by atoms with Crippen LogP contribution in [0.25, 0.3) is 0 Å². The molecular formula is C22H21FN2O5. The Morgan fingerprint density at radius 2 is 1.77 bits per heavy atom. The van der Waals surface area contributed by atoms with E-state index in [1.165, 1.54) is 12.1 Å². The summed E-state index contributed by atoms with van der Waals surface area (Å²) in [6.07, 6.45) is 1.63. The molecule has 0 aromatic heterocycles. The number of likely N-dealkylation sites (tertiary alicyclic amines) is 1. The third-order valence-electron chi connectivity index (χ3n) is 5.65. The molecule has 0 saturated carbocycles. The maximum Gasteiger partial charge on any atom is 0.231 e. The molecule has 1 saturated heterocycles. The van der Waals surface area contributed by atoms with Crippen LogP contribution in [0.4, 0.5) is 4.39 Å². The van der Waals surface area contributed by atoms with E-state index in [1.54, 1.807) is 28.0 Å². The molecule has 3 heterocycles. The Morgan fingerprint density at radius 3 is 2.57 bits per heavy atom. The summed E-state index contributed by atoms with van der Waals surface area (Å²) >= 11 is 0. The third kappa shape index (κ3) is 3.53.